The number of carbonyl (C=O) groups is 1. The number of halogens is 1. The molecule has 8 heteroatoms. The van der Waals surface area contributed by atoms with E-state index in [1.165, 1.54) is 12.1 Å². The smallest absolute Gasteiger partial charge is 0.269 e. The van der Waals surface area contributed by atoms with Crippen LogP contribution in [0.15, 0.2) is 58.0 Å². The summed E-state index contributed by atoms with van der Waals surface area (Å²) >= 11 is 4.96. The molecule has 1 amide bonds. The van der Waals surface area contributed by atoms with Crippen molar-refractivity contribution in [3.8, 4) is 0 Å². The van der Waals surface area contributed by atoms with Crippen LogP contribution in [0.3, 0.4) is 0 Å². The fraction of sp³-hybridized carbons (Fsp3) is 0.222. The Labute approximate surface area is 163 Å². The highest BCUT2D eigenvalue weighted by Crippen LogP contribution is 2.22. The predicted molar refractivity (Wildman–Crippen MR) is 106 cm³/mol. The number of nitro benzene ring substituents is 1. The van der Waals surface area contributed by atoms with Crippen LogP contribution >= 0.6 is 27.7 Å². The maximum atomic E-state index is 12.6. The molecule has 0 fully saturated rings. The van der Waals surface area contributed by atoms with Crippen molar-refractivity contribution in [1.82, 2.24) is 4.90 Å². The number of benzene rings is 2. The van der Waals surface area contributed by atoms with E-state index in [-0.39, 0.29) is 18.0 Å². The summed E-state index contributed by atoms with van der Waals surface area (Å²) in [5, 5.41) is 11.4. The maximum absolute atomic E-state index is 12.6. The summed E-state index contributed by atoms with van der Waals surface area (Å²) in [5.74, 6) is 0.700. The van der Waals surface area contributed by atoms with E-state index in [0.29, 0.717) is 13.1 Å². The second kappa shape index (κ2) is 8.46. The highest BCUT2D eigenvalue weighted by Gasteiger charge is 2.24. The number of carbonyl (C=O) groups excluding carboxylic acids is 1. The number of amidine groups is 1. The molecule has 2 aromatic rings. The fourth-order valence-electron chi connectivity index (χ4n) is 2.52. The number of aliphatic imine (C=N–C) groups is 1. The second-order valence-electron chi connectivity index (χ2n) is 5.73. The summed E-state index contributed by atoms with van der Waals surface area (Å²) in [6.07, 6.45) is 0.204. The normalized spacial score (nSPS) is 13.6. The minimum atomic E-state index is -0.449. The Balaban J connectivity index is 1.58. The number of nitro groups is 1. The Morgan fingerprint density at radius 1 is 1.15 bits per heavy atom. The van der Waals surface area contributed by atoms with E-state index in [0.717, 1.165) is 26.5 Å². The van der Waals surface area contributed by atoms with Gasteiger partial charge in [-0.2, -0.15) is 0 Å². The van der Waals surface area contributed by atoms with Gasteiger partial charge in [-0.1, -0.05) is 52.0 Å². The molecule has 1 heterocycles. The van der Waals surface area contributed by atoms with E-state index < -0.39 is 4.92 Å². The maximum Gasteiger partial charge on any atom is 0.269 e. The number of rotatable bonds is 5. The van der Waals surface area contributed by atoms with Crippen molar-refractivity contribution in [2.45, 2.75) is 12.2 Å². The number of hydrogen-bond donors (Lipinski definition) is 0. The molecule has 0 atom stereocenters. The summed E-state index contributed by atoms with van der Waals surface area (Å²) in [6.45, 7) is 1.18. The third kappa shape index (κ3) is 4.70. The molecule has 0 spiro atoms. The zero-order chi connectivity index (χ0) is 18.5. The molecule has 1 aliphatic rings. The van der Waals surface area contributed by atoms with Gasteiger partial charge in [-0.3, -0.25) is 24.8 Å². The van der Waals surface area contributed by atoms with Gasteiger partial charge in [0.2, 0.25) is 5.91 Å². The molecule has 2 aromatic carbocycles. The summed E-state index contributed by atoms with van der Waals surface area (Å²) in [5.41, 5.74) is 1.94. The Hall–Kier alpha value is -2.19. The lowest BCUT2D eigenvalue weighted by Crippen LogP contribution is -2.34. The highest BCUT2D eigenvalue weighted by atomic mass is 79.9. The largest absolute Gasteiger partial charge is 0.289 e. The molecule has 1 aliphatic heterocycles. The molecule has 0 radical (unpaired) electrons. The zero-order valence-electron chi connectivity index (χ0n) is 13.8. The topological polar surface area (TPSA) is 75.8 Å². The van der Waals surface area contributed by atoms with Gasteiger partial charge in [-0.25, -0.2) is 0 Å². The van der Waals surface area contributed by atoms with E-state index in [1.54, 1.807) is 28.8 Å². The van der Waals surface area contributed by atoms with Crippen molar-refractivity contribution < 1.29 is 9.72 Å². The predicted octanol–water partition coefficient (Wildman–Crippen LogP) is 4.03. The lowest BCUT2D eigenvalue weighted by atomic mass is 10.1. The van der Waals surface area contributed by atoms with Crippen molar-refractivity contribution in [3.63, 3.8) is 0 Å². The van der Waals surface area contributed by atoms with E-state index >= 15 is 0 Å². The Kier molecular flexibility index (Phi) is 6.05. The Morgan fingerprint density at radius 2 is 1.81 bits per heavy atom. The van der Waals surface area contributed by atoms with Gasteiger partial charge in [-0.15, -0.1) is 0 Å². The minimum Gasteiger partial charge on any atom is -0.289 e. The van der Waals surface area contributed by atoms with Crippen LogP contribution < -0.4 is 0 Å². The number of nitrogens with zero attached hydrogens (tertiary/aromatic N) is 3. The van der Waals surface area contributed by atoms with Crippen LogP contribution in [0, 0.1) is 10.1 Å². The minimum absolute atomic E-state index is 0.0228. The molecule has 0 saturated carbocycles. The van der Waals surface area contributed by atoms with Crippen molar-refractivity contribution in [2.75, 3.05) is 13.1 Å². The average Bonchev–Trinajstić information content (AvgIpc) is 3.10. The first kappa shape index (κ1) is 18.6. The van der Waals surface area contributed by atoms with Gasteiger partial charge in [0, 0.05) is 28.9 Å². The molecule has 0 aliphatic carbocycles. The first-order valence-corrected chi connectivity index (χ1v) is 9.76. The lowest BCUT2D eigenvalue weighted by molar-refractivity contribution is -0.384. The number of non-ortho nitro benzene ring substituents is 1. The molecular weight excluding hydrogens is 418 g/mol. The summed E-state index contributed by atoms with van der Waals surface area (Å²) in [4.78, 5) is 29.0. The molecular formula is C18H16BrN3O3S. The van der Waals surface area contributed by atoms with E-state index in [4.69, 9.17) is 0 Å². The summed E-state index contributed by atoms with van der Waals surface area (Å²) < 4.78 is 1.03. The van der Waals surface area contributed by atoms with Crippen molar-refractivity contribution >= 4 is 44.5 Å². The van der Waals surface area contributed by atoms with E-state index in [1.807, 2.05) is 24.3 Å². The van der Waals surface area contributed by atoms with Gasteiger partial charge in [0.1, 0.15) is 0 Å². The third-order valence-electron chi connectivity index (χ3n) is 3.89. The number of hydrogen-bond acceptors (Lipinski definition) is 5. The molecule has 0 aromatic heterocycles. The first-order chi connectivity index (χ1) is 12.5. The fourth-order valence-corrected chi connectivity index (χ4v) is 3.80. The molecule has 3 rings (SSSR count). The van der Waals surface area contributed by atoms with Gasteiger partial charge in [0.05, 0.1) is 17.9 Å². The van der Waals surface area contributed by atoms with Crippen molar-refractivity contribution in [2.24, 2.45) is 4.99 Å². The van der Waals surface area contributed by atoms with Gasteiger partial charge < -0.3 is 0 Å². The Bertz CT molecular complexity index is 838. The first-order valence-electron chi connectivity index (χ1n) is 7.98. The third-order valence-corrected chi connectivity index (χ3v) is 5.50. The standard InChI is InChI=1S/C18H16BrN3O3S/c19-15-5-1-14(2-6-15)12-26-18-20-9-10-21(18)17(23)11-13-3-7-16(8-4-13)22(24)25/h1-8H,9-12H2. The van der Waals surface area contributed by atoms with Crippen LogP contribution in [0.4, 0.5) is 5.69 Å². The molecule has 6 nitrogen and oxygen atoms in total. The van der Waals surface area contributed by atoms with Gasteiger partial charge in [0.15, 0.2) is 5.17 Å². The van der Waals surface area contributed by atoms with E-state index in [2.05, 4.69) is 20.9 Å². The highest BCUT2D eigenvalue weighted by molar-refractivity contribution is 9.10. The average molecular weight is 434 g/mol. The van der Waals surface area contributed by atoms with Gasteiger partial charge in [-0.05, 0) is 23.3 Å². The van der Waals surface area contributed by atoms with Crippen molar-refractivity contribution in [3.05, 3.63) is 74.2 Å². The molecule has 134 valence electrons. The number of thioether (sulfide) groups is 1. The molecule has 0 saturated heterocycles. The quantitative estimate of drug-likeness (QED) is 0.526. The van der Waals surface area contributed by atoms with Crippen LogP contribution in [0.1, 0.15) is 11.1 Å². The van der Waals surface area contributed by atoms with Crippen LogP contribution in [0.25, 0.3) is 0 Å². The molecule has 0 bridgehead atoms. The lowest BCUT2D eigenvalue weighted by Gasteiger charge is -2.18. The van der Waals surface area contributed by atoms with Crippen molar-refractivity contribution in [1.29, 1.82) is 0 Å². The monoisotopic (exact) mass is 433 g/mol. The van der Waals surface area contributed by atoms with E-state index in [9.17, 15) is 14.9 Å². The summed E-state index contributed by atoms with van der Waals surface area (Å²) in [7, 11) is 0. The number of amides is 1. The van der Waals surface area contributed by atoms with Gasteiger partial charge >= 0.3 is 0 Å². The summed E-state index contributed by atoms with van der Waals surface area (Å²) in [6, 6.07) is 14.1. The SMILES string of the molecule is O=C(Cc1ccc([N+](=O)[O-])cc1)N1CCN=C1SCc1ccc(Br)cc1. The zero-order valence-corrected chi connectivity index (χ0v) is 16.2. The molecule has 26 heavy (non-hydrogen) atoms. The van der Waals surface area contributed by atoms with Crippen LogP contribution in [0.5, 0.6) is 0 Å². The van der Waals surface area contributed by atoms with Crippen LogP contribution in [-0.2, 0) is 17.0 Å². The molecule has 0 N–H and O–H groups in total. The van der Waals surface area contributed by atoms with Gasteiger partial charge in [0.25, 0.3) is 5.69 Å². The molecule has 0 unspecified atom stereocenters. The van der Waals surface area contributed by atoms with Crippen LogP contribution in [0.2, 0.25) is 0 Å². The van der Waals surface area contributed by atoms with Crippen LogP contribution in [-0.4, -0.2) is 34.0 Å². The Morgan fingerprint density at radius 3 is 2.46 bits per heavy atom. The second-order valence-corrected chi connectivity index (χ2v) is 7.58.